The third-order valence-electron chi connectivity index (χ3n) is 5.22. The maximum atomic E-state index is 13.3. The molecule has 1 aliphatic heterocycles. The van der Waals surface area contributed by atoms with Crippen molar-refractivity contribution in [2.24, 2.45) is 0 Å². The molecule has 2 aromatic carbocycles. The van der Waals surface area contributed by atoms with Gasteiger partial charge in [-0.2, -0.15) is 18.4 Å². The van der Waals surface area contributed by atoms with Gasteiger partial charge in [0, 0.05) is 32.4 Å². The van der Waals surface area contributed by atoms with Crippen LogP contribution in [0.1, 0.15) is 16.7 Å². The van der Waals surface area contributed by atoms with E-state index in [-0.39, 0.29) is 18.4 Å². The van der Waals surface area contributed by atoms with Crippen LogP contribution in [0.15, 0.2) is 47.4 Å². The van der Waals surface area contributed by atoms with Crippen LogP contribution < -0.4 is 10.1 Å². The SMILES string of the molecule is CS(=O)(=O)c1ccc(OCC2CN(CCc3cccc(C#N)c3)CCN2)cc1C(F)(F)F. The quantitative estimate of drug-likeness (QED) is 0.675. The normalized spacial score (nSPS) is 17.7. The fraction of sp³-hybridized carbons (Fsp3) is 0.409. The first-order valence-electron chi connectivity index (χ1n) is 10.0. The van der Waals surface area contributed by atoms with E-state index in [4.69, 9.17) is 10.00 Å². The summed E-state index contributed by atoms with van der Waals surface area (Å²) in [6.07, 6.45) is -3.28. The Morgan fingerprint density at radius 2 is 2.03 bits per heavy atom. The van der Waals surface area contributed by atoms with Crippen LogP contribution in [0.4, 0.5) is 13.2 Å². The third kappa shape index (κ3) is 6.45. The van der Waals surface area contributed by atoms with Crippen LogP contribution in [0.2, 0.25) is 0 Å². The lowest BCUT2D eigenvalue weighted by atomic mass is 10.1. The molecular weight excluding hydrogens is 443 g/mol. The molecule has 0 bridgehead atoms. The second-order valence-corrected chi connectivity index (χ2v) is 9.74. The number of piperazine rings is 1. The summed E-state index contributed by atoms with van der Waals surface area (Å²) >= 11 is 0. The van der Waals surface area contributed by atoms with Crippen LogP contribution in [0, 0.1) is 11.3 Å². The molecule has 6 nitrogen and oxygen atoms in total. The molecule has 0 saturated carbocycles. The molecule has 32 heavy (non-hydrogen) atoms. The van der Waals surface area contributed by atoms with Gasteiger partial charge in [-0.25, -0.2) is 8.42 Å². The van der Waals surface area contributed by atoms with Crippen molar-refractivity contribution >= 4 is 9.84 Å². The van der Waals surface area contributed by atoms with Crippen LogP contribution >= 0.6 is 0 Å². The van der Waals surface area contributed by atoms with E-state index in [2.05, 4.69) is 16.3 Å². The summed E-state index contributed by atoms with van der Waals surface area (Å²) in [7, 11) is -4.02. The minimum Gasteiger partial charge on any atom is -0.492 e. The van der Waals surface area contributed by atoms with Crippen LogP contribution in [-0.2, 0) is 22.4 Å². The number of nitrogens with zero attached hydrogens (tertiary/aromatic N) is 2. The number of hydrogen-bond donors (Lipinski definition) is 1. The van der Waals surface area contributed by atoms with Crippen molar-refractivity contribution in [1.82, 2.24) is 10.2 Å². The van der Waals surface area contributed by atoms with Crippen molar-refractivity contribution in [2.45, 2.75) is 23.5 Å². The molecule has 0 radical (unpaired) electrons. The molecule has 2 aromatic rings. The van der Waals surface area contributed by atoms with E-state index in [1.54, 1.807) is 6.07 Å². The number of halogens is 3. The molecule has 1 unspecified atom stereocenters. The number of sulfone groups is 1. The summed E-state index contributed by atoms with van der Waals surface area (Å²) in [5.74, 6) is -0.0306. The van der Waals surface area contributed by atoms with Crippen molar-refractivity contribution in [3.8, 4) is 11.8 Å². The molecule has 3 rings (SSSR count). The fourth-order valence-electron chi connectivity index (χ4n) is 3.63. The Balaban J connectivity index is 1.59. The molecule has 10 heteroatoms. The Labute approximate surface area is 185 Å². The lowest BCUT2D eigenvalue weighted by molar-refractivity contribution is -0.140. The number of nitriles is 1. The van der Waals surface area contributed by atoms with Gasteiger partial charge in [0.05, 0.1) is 28.1 Å². The lowest BCUT2D eigenvalue weighted by Crippen LogP contribution is -2.53. The maximum absolute atomic E-state index is 13.3. The first kappa shape index (κ1) is 24.0. The van der Waals surface area contributed by atoms with E-state index in [0.717, 1.165) is 43.5 Å². The molecule has 1 N–H and O–H groups in total. The van der Waals surface area contributed by atoms with Gasteiger partial charge in [-0.3, -0.25) is 0 Å². The summed E-state index contributed by atoms with van der Waals surface area (Å²) in [4.78, 5) is 1.47. The second kappa shape index (κ2) is 9.90. The predicted octanol–water partition coefficient (Wildman–Crippen LogP) is 2.88. The maximum Gasteiger partial charge on any atom is 0.417 e. The summed E-state index contributed by atoms with van der Waals surface area (Å²) in [5, 5.41) is 12.3. The first-order valence-corrected chi connectivity index (χ1v) is 11.9. The summed E-state index contributed by atoms with van der Waals surface area (Å²) in [5.41, 5.74) is 0.463. The molecule has 1 fully saturated rings. The zero-order valence-corrected chi connectivity index (χ0v) is 18.3. The summed E-state index contributed by atoms with van der Waals surface area (Å²) in [6.45, 7) is 3.14. The smallest absolute Gasteiger partial charge is 0.417 e. The lowest BCUT2D eigenvalue weighted by Gasteiger charge is -2.33. The van der Waals surface area contributed by atoms with Gasteiger partial charge in [-0.15, -0.1) is 0 Å². The van der Waals surface area contributed by atoms with Crippen molar-refractivity contribution in [3.63, 3.8) is 0 Å². The Bertz CT molecular complexity index is 1100. The van der Waals surface area contributed by atoms with E-state index in [1.165, 1.54) is 6.07 Å². The standard InChI is InChI=1S/C22H24F3N3O3S/c1-32(29,30)21-6-5-19(12-20(21)22(23,24)25)31-15-18-14-28(10-8-27-18)9-7-16-3-2-4-17(11-16)13-26/h2-6,11-12,18,27H,7-10,14-15H2,1H3. The average molecular weight is 468 g/mol. The summed E-state index contributed by atoms with van der Waals surface area (Å²) in [6, 6.07) is 12.4. The van der Waals surface area contributed by atoms with Crippen LogP contribution in [-0.4, -0.2) is 58.4 Å². The van der Waals surface area contributed by atoms with Gasteiger partial charge in [0.15, 0.2) is 9.84 Å². The van der Waals surface area contributed by atoms with E-state index in [0.29, 0.717) is 18.7 Å². The molecule has 0 aliphatic carbocycles. The Kier molecular flexibility index (Phi) is 7.44. The molecule has 1 aliphatic rings. The second-order valence-electron chi connectivity index (χ2n) is 7.75. The Hall–Kier alpha value is -2.61. The van der Waals surface area contributed by atoms with Gasteiger partial charge in [-0.05, 0) is 42.3 Å². The van der Waals surface area contributed by atoms with Gasteiger partial charge in [0.1, 0.15) is 12.4 Å². The van der Waals surface area contributed by atoms with E-state index < -0.39 is 26.5 Å². The predicted molar refractivity (Wildman–Crippen MR) is 113 cm³/mol. The highest BCUT2D eigenvalue weighted by molar-refractivity contribution is 7.90. The average Bonchev–Trinajstić information content (AvgIpc) is 2.75. The van der Waals surface area contributed by atoms with Crippen molar-refractivity contribution in [3.05, 3.63) is 59.2 Å². The number of alkyl halides is 3. The van der Waals surface area contributed by atoms with Crippen LogP contribution in [0.5, 0.6) is 5.75 Å². The number of benzene rings is 2. The molecule has 172 valence electrons. The van der Waals surface area contributed by atoms with E-state index in [9.17, 15) is 21.6 Å². The van der Waals surface area contributed by atoms with Crippen molar-refractivity contribution in [1.29, 1.82) is 5.26 Å². The van der Waals surface area contributed by atoms with E-state index >= 15 is 0 Å². The van der Waals surface area contributed by atoms with Gasteiger partial charge in [0.25, 0.3) is 0 Å². The highest BCUT2D eigenvalue weighted by Crippen LogP contribution is 2.36. The minimum absolute atomic E-state index is 0.0306. The van der Waals surface area contributed by atoms with Gasteiger partial charge < -0.3 is 15.0 Å². The van der Waals surface area contributed by atoms with Crippen molar-refractivity contribution < 1.29 is 26.3 Å². The topological polar surface area (TPSA) is 82.4 Å². The molecule has 0 spiro atoms. The number of rotatable bonds is 7. The molecule has 0 aromatic heterocycles. The van der Waals surface area contributed by atoms with Gasteiger partial charge in [-0.1, -0.05) is 12.1 Å². The van der Waals surface area contributed by atoms with Gasteiger partial charge in [0.2, 0.25) is 0 Å². The highest BCUT2D eigenvalue weighted by Gasteiger charge is 2.36. The van der Waals surface area contributed by atoms with Crippen molar-refractivity contribution in [2.75, 3.05) is 39.0 Å². The molecule has 1 heterocycles. The third-order valence-corrected chi connectivity index (χ3v) is 6.37. The number of hydrogen-bond acceptors (Lipinski definition) is 6. The zero-order chi connectivity index (χ0) is 23.4. The zero-order valence-electron chi connectivity index (χ0n) is 17.5. The Morgan fingerprint density at radius 3 is 2.72 bits per heavy atom. The molecule has 1 atom stereocenters. The molecule has 0 amide bonds. The molecular formula is C22H24F3N3O3S. The number of ether oxygens (including phenoxy) is 1. The Morgan fingerprint density at radius 1 is 1.25 bits per heavy atom. The minimum atomic E-state index is -4.81. The van der Waals surface area contributed by atoms with E-state index in [1.807, 2.05) is 18.2 Å². The monoisotopic (exact) mass is 467 g/mol. The van der Waals surface area contributed by atoms with Crippen LogP contribution in [0.3, 0.4) is 0 Å². The van der Waals surface area contributed by atoms with Crippen LogP contribution in [0.25, 0.3) is 0 Å². The molecule has 1 saturated heterocycles. The number of nitrogens with one attached hydrogen (secondary N) is 1. The first-order chi connectivity index (χ1) is 15.1. The summed E-state index contributed by atoms with van der Waals surface area (Å²) < 4.78 is 68.9. The fourth-order valence-corrected chi connectivity index (χ4v) is 4.52. The van der Waals surface area contributed by atoms with Gasteiger partial charge >= 0.3 is 6.18 Å². The largest absolute Gasteiger partial charge is 0.492 e. The highest BCUT2D eigenvalue weighted by atomic mass is 32.2.